The van der Waals surface area contributed by atoms with Gasteiger partial charge in [-0.15, -0.1) is 0 Å². The number of aliphatic hydroxyl groups excluding tert-OH is 1. The first-order valence-corrected chi connectivity index (χ1v) is 6.92. The molecule has 1 heterocycles. The van der Waals surface area contributed by atoms with Gasteiger partial charge in [0, 0.05) is 18.4 Å². The van der Waals surface area contributed by atoms with Gasteiger partial charge in [0.1, 0.15) is 5.82 Å². The smallest absolute Gasteiger partial charge is 0.257 e. The predicted molar refractivity (Wildman–Crippen MR) is 83.7 cm³/mol. The number of hydrogen-bond acceptors (Lipinski definition) is 4. The number of anilines is 2. The summed E-state index contributed by atoms with van der Waals surface area (Å²) >= 11 is 6.06. The number of halogens is 1. The van der Waals surface area contributed by atoms with Gasteiger partial charge in [-0.1, -0.05) is 23.7 Å². The highest BCUT2D eigenvalue weighted by atomic mass is 35.5. The molecule has 21 heavy (non-hydrogen) atoms. The number of rotatable bonds is 5. The number of aliphatic hydroxyl groups is 1. The van der Waals surface area contributed by atoms with E-state index in [1.165, 1.54) is 6.20 Å². The maximum atomic E-state index is 12.1. The maximum absolute atomic E-state index is 12.1. The van der Waals surface area contributed by atoms with Crippen molar-refractivity contribution in [3.8, 4) is 0 Å². The van der Waals surface area contributed by atoms with Crippen molar-refractivity contribution in [2.45, 2.75) is 13.5 Å². The Morgan fingerprint density at radius 2 is 2.05 bits per heavy atom. The first kappa shape index (κ1) is 15.3. The Labute approximate surface area is 128 Å². The molecule has 0 atom stereocenters. The Bertz CT molecular complexity index is 629. The molecule has 110 valence electrons. The van der Waals surface area contributed by atoms with Gasteiger partial charge in [-0.3, -0.25) is 4.79 Å². The fourth-order valence-electron chi connectivity index (χ4n) is 1.76. The van der Waals surface area contributed by atoms with Gasteiger partial charge >= 0.3 is 0 Å². The van der Waals surface area contributed by atoms with Crippen LogP contribution in [0.4, 0.5) is 11.5 Å². The number of nitrogens with zero attached hydrogens (tertiary/aromatic N) is 1. The molecule has 0 unspecified atom stereocenters. The molecular weight excluding hydrogens is 290 g/mol. The van der Waals surface area contributed by atoms with Gasteiger partial charge in [0.05, 0.1) is 17.2 Å². The minimum atomic E-state index is -0.288. The van der Waals surface area contributed by atoms with E-state index in [1.54, 1.807) is 30.3 Å². The molecule has 0 fully saturated rings. The van der Waals surface area contributed by atoms with E-state index in [1.807, 2.05) is 6.92 Å². The molecular formula is C15H16ClN3O2. The topological polar surface area (TPSA) is 74.2 Å². The second-order valence-electron chi connectivity index (χ2n) is 4.39. The lowest BCUT2D eigenvalue weighted by Crippen LogP contribution is -2.13. The molecule has 6 heteroatoms. The Morgan fingerprint density at radius 3 is 2.62 bits per heavy atom. The average Bonchev–Trinajstić information content (AvgIpc) is 2.50. The predicted octanol–water partition coefficient (Wildman–Crippen LogP) is 2.91. The molecule has 2 aromatic rings. The molecule has 0 aliphatic carbocycles. The Balaban J connectivity index is 2.10. The largest absolute Gasteiger partial charge is 0.392 e. The summed E-state index contributed by atoms with van der Waals surface area (Å²) in [6, 6.07) is 8.52. The highest BCUT2D eigenvalue weighted by Crippen LogP contribution is 2.20. The lowest BCUT2D eigenvalue weighted by atomic mass is 10.2. The fourth-order valence-corrected chi connectivity index (χ4v) is 1.99. The normalized spacial score (nSPS) is 10.2. The summed E-state index contributed by atoms with van der Waals surface area (Å²) in [6.07, 6.45) is 1.47. The van der Waals surface area contributed by atoms with Crippen LogP contribution in [-0.4, -0.2) is 22.5 Å². The molecule has 0 spiro atoms. The summed E-state index contributed by atoms with van der Waals surface area (Å²) in [7, 11) is 0. The first-order valence-electron chi connectivity index (χ1n) is 6.54. The van der Waals surface area contributed by atoms with E-state index in [2.05, 4.69) is 15.6 Å². The van der Waals surface area contributed by atoms with Crippen LogP contribution in [0.1, 0.15) is 22.8 Å². The van der Waals surface area contributed by atoms with Crippen LogP contribution in [0.15, 0.2) is 36.5 Å². The van der Waals surface area contributed by atoms with Crippen molar-refractivity contribution in [3.05, 3.63) is 52.7 Å². The number of hydrogen-bond donors (Lipinski definition) is 3. The molecule has 0 saturated heterocycles. The Hall–Kier alpha value is -2.11. The molecule has 0 aliphatic rings. The number of carbonyl (C=O) groups is 1. The molecule has 0 radical (unpaired) electrons. The molecule has 1 aromatic carbocycles. The van der Waals surface area contributed by atoms with Gasteiger partial charge < -0.3 is 15.7 Å². The van der Waals surface area contributed by atoms with Gasteiger partial charge in [-0.05, 0) is 30.7 Å². The van der Waals surface area contributed by atoms with Crippen LogP contribution in [0.25, 0.3) is 0 Å². The van der Waals surface area contributed by atoms with Gasteiger partial charge in [0.15, 0.2) is 0 Å². The summed E-state index contributed by atoms with van der Waals surface area (Å²) in [6.45, 7) is 2.61. The van der Waals surface area contributed by atoms with Crippen LogP contribution in [-0.2, 0) is 6.61 Å². The third kappa shape index (κ3) is 3.93. The number of carbonyl (C=O) groups excluding carboxylic acids is 1. The molecule has 5 nitrogen and oxygen atoms in total. The van der Waals surface area contributed by atoms with Crippen molar-refractivity contribution in [3.63, 3.8) is 0 Å². The van der Waals surface area contributed by atoms with E-state index < -0.39 is 0 Å². The van der Waals surface area contributed by atoms with Crippen LogP contribution in [0.5, 0.6) is 0 Å². The monoisotopic (exact) mass is 305 g/mol. The van der Waals surface area contributed by atoms with Gasteiger partial charge in [-0.25, -0.2) is 4.98 Å². The van der Waals surface area contributed by atoms with Crippen molar-refractivity contribution >= 4 is 29.0 Å². The summed E-state index contributed by atoms with van der Waals surface area (Å²) in [5.74, 6) is 0.271. The van der Waals surface area contributed by atoms with Crippen molar-refractivity contribution < 1.29 is 9.90 Å². The Kier molecular flexibility index (Phi) is 5.14. The van der Waals surface area contributed by atoms with E-state index in [0.29, 0.717) is 28.6 Å². The zero-order valence-corrected chi connectivity index (χ0v) is 12.3. The zero-order chi connectivity index (χ0) is 15.2. The van der Waals surface area contributed by atoms with E-state index >= 15 is 0 Å². The molecule has 0 saturated carbocycles. The van der Waals surface area contributed by atoms with Crippen LogP contribution >= 0.6 is 11.6 Å². The zero-order valence-electron chi connectivity index (χ0n) is 11.6. The lowest BCUT2D eigenvalue weighted by Gasteiger charge is -2.08. The molecule has 2 rings (SSSR count). The molecule has 1 amide bonds. The number of aromatic nitrogens is 1. The molecule has 1 aromatic heterocycles. The fraction of sp³-hybridized carbons (Fsp3) is 0.200. The maximum Gasteiger partial charge on any atom is 0.257 e. The standard InChI is InChI=1S/C15H16ClN3O2/c1-2-17-14-13(16)7-11(8-18-14)15(21)19-12-5-3-10(9-20)4-6-12/h3-8,20H,2,9H2,1H3,(H,17,18)(H,19,21). The van der Waals surface area contributed by atoms with Gasteiger partial charge in [0.25, 0.3) is 5.91 Å². The first-order chi connectivity index (χ1) is 10.1. The minimum Gasteiger partial charge on any atom is -0.392 e. The quantitative estimate of drug-likeness (QED) is 0.794. The summed E-state index contributed by atoms with van der Waals surface area (Å²) in [4.78, 5) is 16.2. The summed E-state index contributed by atoms with van der Waals surface area (Å²) < 4.78 is 0. The van der Waals surface area contributed by atoms with Gasteiger partial charge in [0.2, 0.25) is 0 Å². The third-order valence-corrected chi connectivity index (χ3v) is 3.13. The van der Waals surface area contributed by atoms with Crippen molar-refractivity contribution in [1.29, 1.82) is 0 Å². The van der Waals surface area contributed by atoms with Crippen LogP contribution in [0.3, 0.4) is 0 Å². The number of pyridine rings is 1. The third-order valence-electron chi connectivity index (χ3n) is 2.84. The minimum absolute atomic E-state index is 0.0281. The van der Waals surface area contributed by atoms with Crippen LogP contribution < -0.4 is 10.6 Å². The van der Waals surface area contributed by atoms with E-state index in [9.17, 15) is 4.79 Å². The molecule has 3 N–H and O–H groups in total. The molecule has 0 aliphatic heterocycles. The average molecular weight is 306 g/mol. The second-order valence-corrected chi connectivity index (χ2v) is 4.80. The van der Waals surface area contributed by atoms with E-state index in [-0.39, 0.29) is 12.5 Å². The highest BCUT2D eigenvalue weighted by molar-refractivity contribution is 6.33. The summed E-state index contributed by atoms with van der Waals surface area (Å²) in [5.41, 5.74) is 1.81. The lowest BCUT2D eigenvalue weighted by molar-refractivity contribution is 0.102. The number of benzene rings is 1. The van der Waals surface area contributed by atoms with Crippen LogP contribution in [0.2, 0.25) is 5.02 Å². The van der Waals surface area contributed by atoms with E-state index in [4.69, 9.17) is 16.7 Å². The van der Waals surface area contributed by atoms with Crippen molar-refractivity contribution in [2.75, 3.05) is 17.2 Å². The van der Waals surface area contributed by atoms with E-state index in [0.717, 1.165) is 5.56 Å². The molecule has 0 bridgehead atoms. The van der Waals surface area contributed by atoms with Crippen LogP contribution in [0, 0.1) is 0 Å². The number of nitrogens with one attached hydrogen (secondary N) is 2. The second kappa shape index (κ2) is 7.06. The highest BCUT2D eigenvalue weighted by Gasteiger charge is 2.10. The van der Waals surface area contributed by atoms with Crippen molar-refractivity contribution in [1.82, 2.24) is 4.98 Å². The Morgan fingerprint density at radius 1 is 1.33 bits per heavy atom. The number of amides is 1. The van der Waals surface area contributed by atoms with Gasteiger partial charge in [-0.2, -0.15) is 0 Å². The SMILES string of the molecule is CCNc1ncc(C(=O)Nc2ccc(CO)cc2)cc1Cl. The summed E-state index contributed by atoms with van der Waals surface area (Å²) in [5, 5.41) is 15.1. The van der Waals surface area contributed by atoms with Crippen molar-refractivity contribution in [2.24, 2.45) is 0 Å².